The van der Waals surface area contributed by atoms with Gasteiger partial charge < -0.3 is 4.90 Å². The van der Waals surface area contributed by atoms with E-state index >= 15 is 0 Å². The van der Waals surface area contributed by atoms with E-state index in [1.54, 1.807) is 6.07 Å². The molecule has 1 aromatic heterocycles. The van der Waals surface area contributed by atoms with Crippen LogP contribution in [0.5, 0.6) is 0 Å². The van der Waals surface area contributed by atoms with Gasteiger partial charge >= 0.3 is 0 Å². The Hall–Kier alpha value is -0.800. The van der Waals surface area contributed by atoms with Crippen molar-refractivity contribution >= 4 is 29.1 Å². The topological polar surface area (TPSA) is 33.2 Å². The number of carbonyl (C=O) groups excluding carboxylic acids is 1. The summed E-state index contributed by atoms with van der Waals surface area (Å²) >= 11 is 11.7. The fraction of sp³-hybridized carbons (Fsp3) is 0.571. The lowest BCUT2D eigenvalue weighted by molar-refractivity contribution is 0.0548. The fourth-order valence-electron chi connectivity index (χ4n) is 3.41. The van der Waals surface area contributed by atoms with Crippen LogP contribution < -0.4 is 0 Å². The van der Waals surface area contributed by atoms with Crippen LogP contribution in [0.4, 0.5) is 0 Å². The minimum absolute atomic E-state index is 0.0441. The van der Waals surface area contributed by atoms with Crippen molar-refractivity contribution in [1.82, 2.24) is 9.88 Å². The van der Waals surface area contributed by atoms with Crippen LogP contribution in [0.25, 0.3) is 0 Å². The lowest BCUT2D eigenvalue weighted by Crippen LogP contribution is -2.46. The van der Waals surface area contributed by atoms with E-state index in [1.807, 2.05) is 4.90 Å². The zero-order valence-electron chi connectivity index (χ0n) is 10.6. The van der Waals surface area contributed by atoms with Gasteiger partial charge in [0.15, 0.2) is 0 Å². The summed E-state index contributed by atoms with van der Waals surface area (Å²) in [5, 5.41) is 0.586. The second-order valence-corrected chi connectivity index (χ2v) is 6.16. The van der Waals surface area contributed by atoms with Crippen molar-refractivity contribution in [2.75, 3.05) is 6.54 Å². The van der Waals surface area contributed by atoms with Crippen molar-refractivity contribution in [3.8, 4) is 0 Å². The van der Waals surface area contributed by atoms with Crippen molar-refractivity contribution in [2.45, 2.75) is 38.1 Å². The van der Waals surface area contributed by atoms with Gasteiger partial charge in [-0.2, -0.15) is 0 Å². The van der Waals surface area contributed by atoms with Crippen molar-refractivity contribution in [3.05, 3.63) is 28.0 Å². The third-order valence-electron chi connectivity index (χ3n) is 4.30. The van der Waals surface area contributed by atoms with Gasteiger partial charge in [-0.15, -0.1) is 0 Å². The maximum atomic E-state index is 12.6. The van der Waals surface area contributed by atoms with Crippen LogP contribution in [-0.2, 0) is 0 Å². The molecule has 2 heterocycles. The fourth-order valence-corrected chi connectivity index (χ4v) is 3.68. The number of aromatic nitrogens is 1. The molecule has 0 bridgehead atoms. The quantitative estimate of drug-likeness (QED) is 0.739. The Balaban J connectivity index is 1.84. The number of halogens is 2. The minimum Gasteiger partial charge on any atom is -0.335 e. The smallest absolute Gasteiger partial charge is 0.255 e. The summed E-state index contributed by atoms with van der Waals surface area (Å²) in [6.07, 6.45) is 7.50. The average Bonchev–Trinajstić information content (AvgIpc) is 2.89. The first-order valence-corrected chi connectivity index (χ1v) is 7.54. The number of carbonyl (C=O) groups is 1. The molecule has 1 saturated heterocycles. The first kappa shape index (κ1) is 13.2. The molecule has 3 rings (SSSR count). The zero-order valence-corrected chi connectivity index (χ0v) is 12.1. The summed E-state index contributed by atoms with van der Waals surface area (Å²) in [6.45, 7) is 0.847. The van der Waals surface area contributed by atoms with Gasteiger partial charge in [0.25, 0.3) is 5.91 Å². The molecule has 2 fully saturated rings. The number of fused-ring (bicyclic) bond motifs is 1. The molecule has 102 valence electrons. The Morgan fingerprint density at radius 1 is 1.26 bits per heavy atom. The number of hydrogen-bond acceptors (Lipinski definition) is 2. The van der Waals surface area contributed by atoms with Crippen molar-refractivity contribution in [3.63, 3.8) is 0 Å². The van der Waals surface area contributed by atoms with Crippen molar-refractivity contribution in [2.24, 2.45) is 5.92 Å². The van der Waals surface area contributed by atoms with Gasteiger partial charge in [0.2, 0.25) is 0 Å². The molecule has 2 atom stereocenters. The minimum atomic E-state index is 0.0441. The highest BCUT2D eigenvalue weighted by atomic mass is 35.5. The van der Waals surface area contributed by atoms with E-state index in [2.05, 4.69) is 4.98 Å². The predicted molar refractivity (Wildman–Crippen MR) is 75.7 cm³/mol. The molecule has 2 aliphatic rings. The van der Waals surface area contributed by atoms with Crippen LogP contribution in [0, 0.1) is 5.92 Å². The first-order valence-electron chi connectivity index (χ1n) is 6.79. The van der Waals surface area contributed by atoms with Gasteiger partial charge in [-0.3, -0.25) is 4.79 Å². The number of likely N-dealkylation sites (tertiary alicyclic amines) is 1. The van der Waals surface area contributed by atoms with Gasteiger partial charge in [-0.25, -0.2) is 4.98 Å². The summed E-state index contributed by atoms with van der Waals surface area (Å²) in [7, 11) is 0. The molecule has 19 heavy (non-hydrogen) atoms. The molecule has 0 N–H and O–H groups in total. The molecular formula is C14H16Cl2N2O. The van der Waals surface area contributed by atoms with E-state index in [-0.39, 0.29) is 11.1 Å². The van der Waals surface area contributed by atoms with Gasteiger partial charge in [-0.05, 0) is 37.7 Å². The second kappa shape index (κ2) is 5.29. The average molecular weight is 299 g/mol. The number of piperidine rings is 1. The normalized spacial score (nSPS) is 26.3. The maximum Gasteiger partial charge on any atom is 0.255 e. The molecule has 5 heteroatoms. The van der Waals surface area contributed by atoms with Crippen LogP contribution in [-0.4, -0.2) is 28.4 Å². The molecule has 0 radical (unpaired) electrons. The molecule has 1 amide bonds. The van der Waals surface area contributed by atoms with E-state index in [1.165, 1.54) is 25.5 Å². The molecule has 1 aromatic rings. The molecule has 2 unspecified atom stereocenters. The third kappa shape index (κ3) is 2.46. The number of amides is 1. The molecule has 1 aliphatic heterocycles. The molecule has 1 aliphatic carbocycles. The molecule has 0 spiro atoms. The SMILES string of the molecule is O=C(c1cnc(Cl)c(Cl)c1)N1CCCC2CCCC21. The summed E-state index contributed by atoms with van der Waals surface area (Å²) in [4.78, 5) is 18.6. The Kier molecular flexibility index (Phi) is 3.68. The summed E-state index contributed by atoms with van der Waals surface area (Å²) in [5.41, 5.74) is 0.543. The third-order valence-corrected chi connectivity index (χ3v) is 4.98. The predicted octanol–water partition coefficient (Wildman–Crippen LogP) is 3.79. The molecule has 1 saturated carbocycles. The number of hydrogen-bond donors (Lipinski definition) is 0. The summed E-state index contributed by atoms with van der Waals surface area (Å²) in [5.74, 6) is 0.732. The van der Waals surface area contributed by atoms with Gasteiger partial charge in [0, 0.05) is 18.8 Å². The molecule has 0 aromatic carbocycles. The molecule has 3 nitrogen and oxygen atoms in total. The highest BCUT2D eigenvalue weighted by molar-refractivity contribution is 6.41. The Bertz CT molecular complexity index is 506. The van der Waals surface area contributed by atoms with Crippen LogP contribution in [0.15, 0.2) is 12.3 Å². The monoisotopic (exact) mass is 298 g/mol. The standard InChI is InChI=1S/C14H16Cl2N2O/c15-11-7-10(8-17-13(11)16)14(19)18-6-2-4-9-3-1-5-12(9)18/h7-9,12H,1-6H2. The number of pyridine rings is 1. The Morgan fingerprint density at radius 3 is 2.84 bits per heavy atom. The zero-order chi connectivity index (χ0) is 13.4. The van der Waals surface area contributed by atoms with Gasteiger partial charge in [0.05, 0.1) is 10.6 Å². The van der Waals surface area contributed by atoms with Crippen molar-refractivity contribution in [1.29, 1.82) is 0 Å². The van der Waals surface area contributed by atoms with Crippen LogP contribution in [0.1, 0.15) is 42.5 Å². The van der Waals surface area contributed by atoms with E-state index in [0.29, 0.717) is 22.5 Å². The van der Waals surface area contributed by atoms with E-state index in [0.717, 1.165) is 19.4 Å². The van der Waals surface area contributed by atoms with Crippen LogP contribution in [0.3, 0.4) is 0 Å². The van der Waals surface area contributed by atoms with Gasteiger partial charge in [0.1, 0.15) is 5.15 Å². The van der Waals surface area contributed by atoms with Crippen LogP contribution >= 0.6 is 23.2 Å². The lowest BCUT2D eigenvalue weighted by Gasteiger charge is -2.37. The van der Waals surface area contributed by atoms with Gasteiger partial charge in [-0.1, -0.05) is 29.6 Å². The van der Waals surface area contributed by atoms with Crippen molar-refractivity contribution < 1.29 is 4.79 Å². The largest absolute Gasteiger partial charge is 0.335 e. The maximum absolute atomic E-state index is 12.6. The summed E-state index contributed by atoms with van der Waals surface area (Å²) in [6, 6.07) is 2.04. The highest BCUT2D eigenvalue weighted by Crippen LogP contribution is 2.37. The van der Waals surface area contributed by atoms with E-state index < -0.39 is 0 Å². The lowest BCUT2D eigenvalue weighted by atomic mass is 9.91. The van der Waals surface area contributed by atoms with E-state index in [4.69, 9.17) is 23.2 Å². The Morgan fingerprint density at radius 2 is 2.05 bits per heavy atom. The number of rotatable bonds is 1. The molecular weight excluding hydrogens is 283 g/mol. The highest BCUT2D eigenvalue weighted by Gasteiger charge is 2.37. The second-order valence-electron chi connectivity index (χ2n) is 5.40. The number of nitrogens with zero attached hydrogens (tertiary/aromatic N) is 2. The summed E-state index contributed by atoms with van der Waals surface area (Å²) < 4.78 is 0. The Labute approximate surface area is 122 Å². The first-order chi connectivity index (χ1) is 9.16. The van der Waals surface area contributed by atoms with Crippen LogP contribution in [0.2, 0.25) is 10.2 Å². The van der Waals surface area contributed by atoms with E-state index in [9.17, 15) is 4.79 Å².